The first-order valence-electron chi connectivity index (χ1n) is 4.76. The minimum atomic E-state index is -0.182. The molecule has 0 spiro atoms. The highest BCUT2D eigenvalue weighted by Gasteiger charge is 2.47. The second-order valence-electron chi connectivity index (χ2n) is 3.95. The average molecular weight is 327 g/mol. The van der Waals surface area contributed by atoms with E-state index in [9.17, 15) is 4.79 Å². The summed E-state index contributed by atoms with van der Waals surface area (Å²) >= 11 is 7.28. The number of amides is 1. The van der Waals surface area contributed by atoms with Crippen LogP contribution in [-0.4, -0.2) is 40.3 Å². The topological polar surface area (TPSA) is 29.5 Å². The van der Waals surface area contributed by atoms with E-state index in [4.69, 9.17) is 4.74 Å². The summed E-state index contributed by atoms with van der Waals surface area (Å²) in [5, 5.41) is 0. The molecule has 5 heteroatoms. The van der Waals surface area contributed by atoms with E-state index in [0.717, 1.165) is 19.4 Å². The number of nitrogens with zero attached hydrogens (tertiary/aromatic N) is 1. The predicted molar refractivity (Wildman–Crippen MR) is 61.1 cm³/mol. The van der Waals surface area contributed by atoms with E-state index in [0.29, 0.717) is 21.6 Å². The van der Waals surface area contributed by atoms with Gasteiger partial charge in [0.2, 0.25) is 0 Å². The fraction of sp³-hybridized carbons (Fsp3) is 0.889. The van der Waals surface area contributed by atoms with Crippen molar-refractivity contribution in [3.63, 3.8) is 0 Å². The molecule has 0 radical (unpaired) electrons. The summed E-state index contributed by atoms with van der Waals surface area (Å²) in [5.41, 5.74) is 0. The van der Waals surface area contributed by atoms with Crippen molar-refractivity contribution in [1.29, 1.82) is 0 Å². The molecule has 0 aromatic heterocycles. The van der Waals surface area contributed by atoms with Crippen molar-refractivity contribution < 1.29 is 9.53 Å². The number of carbonyl (C=O) groups excluding carboxylic acids is 1. The zero-order valence-electron chi connectivity index (χ0n) is 7.95. The number of carbonyl (C=O) groups is 1. The lowest BCUT2D eigenvalue weighted by atomic mass is 9.77. The van der Waals surface area contributed by atoms with Gasteiger partial charge in [-0.3, -0.25) is 0 Å². The Bertz CT molecular complexity index is 249. The van der Waals surface area contributed by atoms with Gasteiger partial charge in [0.05, 0.1) is 7.11 Å². The second-order valence-corrected chi connectivity index (χ2v) is 6.31. The van der Waals surface area contributed by atoms with Crippen molar-refractivity contribution in [3.05, 3.63) is 0 Å². The van der Waals surface area contributed by atoms with Gasteiger partial charge in [-0.1, -0.05) is 31.9 Å². The lowest BCUT2D eigenvalue weighted by molar-refractivity contribution is -0.00401. The van der Waals surface area contributed by atoms with E-state index in [1.807, 2.05) is 4.90 Å². The third-order valence-corrected chi connectivity index (χ3v) is 5.91. The van der Waals surface area contributed by atoms with Crippen LogP contribution < -0.4 is 0 Å². The van der Waals surface area contributed by atoms with E-state index in [2.05, 4.69) is 31.9 Å². The number of methoxy groups -OCH3 is 1. The van der Waals surface area contributed by atoms with Gasteiger partial charge in [0.15, 0.2) is 0 Å². The molecule has 1 saturated carbocycles. The summed E-state index contributed by atoms with van der Waals surface area (Å²) < 4.78 is 4.73. The minimum absolute atomic E-state index is 0.182. The highest BCUT2D eigenvalue weighted by atomic mass is 79.9. The Morgan fingerprint density at radius 2 is 2.00 bits per heavy atom. The van der Waals surface area contributed by atoms with Gasteiger partial charge in [0.1, 0.15) is 0 Å². The third-order valence-electron chi connectivity index (χ3n) is 3.17. The lowest BCUT2D eigenvalue weighted by Crippen LogP contribution is -2.62. The Hall–Kier alpha value is 0.230. The number of halogens is 2. The molecule has 1 amide bonds. The van der Waals surface area contributed by atoms with Crippen molar-refractivity contribution in [3.8, 4) is 0 Å². The Kier molecular flexibility index (Phi) is 3.07. The molecule has 4 unspecified atom stereocenters. The van der Waals surface area contributed by atoms with Crippen molar-refractivity contribution in [1.82, 2.24) is 4.90 Å². The van der Waals surface area contributed by atoms with Gasteiger partial charge < -0.3 is 9.64 Å². The normalized spacial score (nSPS) is 41.2. The maximum Gasteiger partial charge on any atom is 0.409 e. The fourth-order valence-electron chi connectivity index (χ4n) is 2.32. The number of hydrogen-bond donors (Lipinski definition) is 0. The maximum absolute atomic E-state index is 11.3. The van der Waals surface area contributed by atoms with Gasteiger partial charge in [0, 0.05) is 22.2 Å². The molecule has 14 heavy (non-hydrogen) atoms. The molecule has 3 nitrogen and oxygen atoms in total. The maximum atomic E-state index is 11.3. The van der Waals surface area contributed by atoms with Crippen LogP contribution in [0.4, 0.5) is 4.79 Å². The Morgan fingerprint density at radius 1 is 1.36 bits per heavy atom. The van der Waals surface area contributed by atoms with E-state index in [-0.39, 0.29) is 6.09 Å². The van der Waals surface area contributed by atoms with Crippen LogP contribution >= 0.6 is 31.9 Å². The SMILES string of the molecule is COC(=O)N1CC2CC(Br)C(Br)CC21. The molecule has 2 aliphatic rings. The van der Waals surface area contributed by atoms with Crippen LogP contribution in [0.1, 0.15) is 12.8 Å². The molecule has 0 N–H and O–H groups in total. The highest BCUT2D eigenvalue weighted by molar-refractivity contribution is 9.12. The lowest BCUT2D eigenvalue weighted by Gasteiger charge is -2.52. The van der Waals surface area contributed by atoms with E-state index >= 15 is 0 Å². The summed E-state index contributed by atoms with van der Waals surface area (Å²) in [6, 6.07) is 0.389. The van der Waals surface area contributed by atoms with Crippen LogP contribution in [0.3, 0.4) is 0 Å². The van der Waals surface area contributed by atoms with Crippen molar-refractivity contribution in [2.75, 3.05) is 13.7 Å². The molecule has 80 valence electrons. The van der Waals surface area contributed by atoms with Crippen LogP contribution in [0.5, 0.6) is 0 Å². The predicted octanol–water partition coefficient (Wildman–Crippen LogP) is 2.37. The van der Waals surface area contributed by atoms with Gasteiger partial charge in [-0.25, -0.2) is 4.79 Å². The summed E-state index contributed by atoms with van der Waals surface area (Å²) in [6.45, 7) is 0.860. The van der Waals surface area contributed by atoms with Gasteiger partial charge >= 0.3 is 6.09 Å². The number of alkyl halides is 2. The molecule has 1 aliphatic heterocycles. The number of hydrogen-bond acceptors (Lipinski definition) is 2. The first-order chi connectivity index (χ1) is 6.63. The van der Waals surface area contributed by atoms with Crippen molar-refractivity contribution in [2.45, 2.75) is 28.5 Å². The van der Waals surface area contributed by atoms with Crippen molar-refractivity contribution in [2.24, 2.45) is 5.92 Å². The van der Waals surface area contributed by atoms with Crippen LogP contribution in [0.15, 0.2) is 0 Å². The zero-order valence-corrected chi connectivity index (χ0v) is 11.1. The number of fused-ring (bicyclic) bond motifs is 1. The monoisotopic (exact) mass is 325 g/mol. The van der Waals surface area contributed by atoms with Gasteiger partial charge in [-0.15, -0.1) is 0 Å². The molecule has 1 saturated heterocycles. The van der Waals surface area contributed by atoms with Crippen LogP contribution in [0.2, 0.25) is 0 Å². The Balaban J connectivity index is 1.96. The molecule has 4 atom stereocenters. The highest BCUT2D eigenvalue weighted by Crippen LogP contribution is 2.42. The minimum Gasteiger partial charge on any atom is -0.453 e. The summed E-state index contributed by atoms with van der Waals surface area (Å²) in [6.07, 6.45) is 1.99. The largest absolute Gasteiger partial charge is 0.453 e. The smallest absolute Gasteiger partial charge is 0.409 e. The molecule has 2 rings (SSSR count). The second kappa shape index (κ2) is 4.00. The molecular formula is C9H13Br2NO2. The molecule has 1 aliphatic carbocycles. The number of rotatable bonds is 0. The Morgan fingerprint density at radius 3 is 2.64 bits per heavy atom. The molecule has 1 heterocycles. The van der Waals surface area contributed by atoms with Crippen molar-refractivity contribution >= 4 is 38.0 Å². The van der Waals surface area contributed by atoms with Gasteiger partial charge in [-0.2, -0.15) is 0 Å². The molecule has 0 aromatic carbocycles. The summed E-state index contributed by atoms with van der Waals surface area (Å²) in [7, 11) is 1.44. The third kappa shape index (κ3) is 1.69. The zero-order chi connectivity index (χ0) is 10.3. The van der Waals surface area contributed by atoms with Gasteiger partial charge in [0.25, 0.3) is 0 Å². The quantitative estimate of drug-likeness (QED) is 0.640. The fourth-order valence-corrected chi connectivity index (χ4v) is 3.61. The standard InChI is InChI=1S/C9H13Br2NO2/c1-14-9(13)12-4-5-2-6(10)7(11)3-8(5)12/h5-8H,2-4H2,1H3. The summed E-state index contributed by atoms with van der Waals surface area (Å²) in [5.74, 6) is 0.660. The van der Waals surface area contributed by atoms with E-state index in [1.165, 1.54) is 7.11 Å². The average Bonchev–Trinajstić information content (AvgIpc) is 2.16. The molecule has 0 aromatic rings. The summed E-state index contributed by atoms with van der Waals surface area (Å²) in [4.78, 5) is 14.2. The first kappa shape index (κ1) is 10.7. The Labute approximate surface area is 100 Å². The molecule has 0 bridgehead atoms. The first-order valence-corrected chi connectivity index (χ1v) is 6.59. The van der Waals surface area contributed by atoms with Crippen LogP contribution in [0.25, 0.3) is 0 Å². The molecule has 2 fully saturated rings. The van der Waals surface area contributed by atoms with Crippen LogP contribution in [0, 0.1) is 5.92 Å². The van der Waals surface area contributed by atoms with Gasteiger partial charge in [-0.05, 0) is 18.8 Å². The molecular weight excluding hydrogens is 314 g/mol. The van der Waals surface area contributed by atoms with E-state index in [1.54, 1.807) is 0 Å². The van der Waals surface area contributed by atoms with Crippen LogP contribution in [-0.2, 0) is 4.74 Å². The number of ether oxygens (including phenoxy) is 1. The number of likely N-dealkylation sites (tertiary alicyclic amines) is 1. The van der Waals surface area contributed by atoms with E-state index < -0.39 is 0 Å².